The van der Waals surface area contributed by atoms with Crippen molar-refractivity contribution in [3.8, 4) is 0 Å². The lowest BCUT2D eigenvalue weighted by Crippen LogP contribution is -2.55. The number of nitrogens with two attached hydrogens (primary N) is 1. The van der Waals surface area contributed by atoms with E-state index in [-0.39, 0.29) is 30.3 Å². The Morgan fingerprint density at radius 2 is 2.03 bits per heavy atom. The number of anilines is 1. The molecule has 0 radical (unpaired) electrons. The van der Waals surface area contributed by atoms with Crippen molar-refractivity contribution in [2.45, 2.75) is 31.2 Å². The van der Waals surface area contributed by atoms with Crippen LogP contribution in [0.1, 0.15) is 12.5 Å². The van der Waals surface area contributed by atoms with E-state index >= 15 is 0 Å². The normalized spacial score (nSPS) is 32.2. The maximum atomic E-state index is 14.0. The molecule has 1 aliphatic carbocycles. The van der Waals surface area contributed by atoms with Crippen LogP contribution in [-0.4, -0.2) is 67.2 Å². The van der Waals surface area contributed by atoms with Gasteiger partial charge in [-0.2, -0.15) is 0 Å². The number of fused-ring (bicyclic) bond motifs is 5. The van der Waals surface area contributed by atoms with Gasteiger partial charge in [-0.25, -0.2) is 4.79 Å². The van der Waals surface area contributed by atoms with E-state index in [9.17, 15) is 14.4 Å². The minimum absolute atomic E-state index is 0.0588. The van der Waals surface area contributed by atoms with Gasteiger partial charge in [0.05, 0.1) is 23.4 Å². The summed E-state index contributed by atoms with van der Waals surface area (Å²) in [4.78, 5) is 43.0. The van der Waals surface area contributed by atoms with Gasteiger partial charge in [0.25, 0.3) is 0 Å². The summed E-state index contributed by atoms with van der Waals surface area (Å²) in [7, 11) is 1.57. The average Bonchev–Trinajstić information content (AvgIpc) is 3.18. The Hall–Kier alpha value is -3.17. The van der Waals surface area contributed by atoms with Gasteiger partial charge in [0, 0.05) is 43.1 Å². The molecule has 3 N–H and O–H groups in total. The summed E-state index contributed by atoms with van der Waals surface area (Å²) in [5, 5.41) is 3.37. The molecule has 0 bridgehead atoms. The number of Topliss-reactive ketones (excluding diaryl/α,β-unsaturated/α-hetero) is 2. The van der Waals surface area contributed by atoms with Crippen LogP contribution in [0.5, 0.6) is 0 Å². The van der Waals surface area contributed by atoms with Gasteiger partial charge in [-0.15, -0.1) is 0 Å². The third-order valence-electron chi connectivity index (χ3n) is 7.55. The molecule has 4 aliphatic heterocycles. The van der Waals surface area contributed by atoms with Crippen LogP contribution in [0.15, 0.2) is 46.8 Å². The van der Waals surface area contributed by atoms with E-state index in [2.05, 4.69) is 5.32 Å². The number of nitrogens with one attached hydrogen (secondary N) is 1. The molecule has 0 saturated carbocycles. The average molecular weight is 436 g/mol. The Morgan fingerprint density at radius 3 is 2.78 bits per heavy atom. The first kappa shape index (κ1) is 19.5. The lowest BCUT2D eigenvalue weighted by molar-refractivity contribution is -0.137. The van der Waals surface area contributed by atoms with Crippen LogP contribution < -0.4 is 16.0 Å². The van der Waals surface area contributed by atoms with Gasteiger partial charge in [0.15, 0.2) is 5.72 Å². The van der Waals surface area contributed by atoms with Crippen LogP contribution in [0.2, 0.25) is 0 Å². The summed E-state index contributed by atoms with van der Waals surface area (Å²) >= 11 is 0. The summed E-state index contributed by atoms with van der Waals surface area (Å²) < 4.78 is 11.2. The number of benzene rings is 1. The molecule has 0 aromatic heterocycles. The van der Waals surface area contributed by atoms with Crippen molar-refractivity contribution in [3.63, 3.8) is 0 Å². The Bertz CT molecular complexity index is 1160. The van der Waals surface area contributed by atoms with Gasteiger partial charge in [0.2, 0.25) is 11.6 Å². The van der Waals surface area contributed by atoms with Crippen LogP contribution in [0.3, 0.4) is 0 Å². The molecular formula is C23H24N4O5. The van der Waals surface area contributed by atoms with Gasteiger partial charge < -0.3 is 30.3 Å². The second kappa shape index (κ2) is 6.43. The quantitative estimate of drug-likeness (QED) is 0.515. The fourth-order valence-corrected chi connectivity index (χ4v) is 6.17. The zero-order valence-electron chi connectivity index (χ0n) is 17.9. The van der Waals surface area contributed by atoms with Crippen molar-refractivity contribution >= 4 is 23.3 Å². The molecular weight excluding hydrogens is 412 g/mol. The molecule has 4 unspecified atom stereocenters. The lowest BCUT2D eigenvalue weighted by atomic mass is 9.82. The summed E-state index contributed by atoms with van der Waals surface area (Å²) in [6.07, 6.45) is -0.124. The van der Waals surface area contributed by atoms with Crippen molar-refractivity contribution in [2.24, 2.45) is 11.7 Å². The zero-order chi connectivity index (χ0) is 22.4. The minimum atomic E-state index is -0.964. The molecule has 4 atom stereocenters. The van der Waals surface area contributed by atoms with Crippen molar-refractivity contribution < 1.29 is 23.9 Å². The first-order valence-corrected chi connectivity index (χ1v) is 10.8. The third kappa shape index (κ3) is 2.27. The number of para-hydroxylation sites is 1. The molecule has 1 amide bonds. The second-order valence-corrected chi connectivity index (χ2v) is 8.92. The van der Waals surface area contributed by atoms with Crippen LogP contribution in [-0.2, 0) is 25.5 Å². The fourth-order valence-electron chi connectivity index (χ4n) is 6.17. The number of carbonyl (C=O) groups is 3. The topological polar surface area (TPSA) is 124 Å². The van der Waals surface area contributed by atoms with Gasteiger partial charge in [-0.05, 0) is 25.0 Å². The van der Waals surface area contributed by atoms with E-state index in [0.29, 0.717) is 35.6 Å². The second-order valence-electron chi connectivity index (χ2n) is 8.92. The van der Waals surface area contributed by atoms with Crippen molar-refractivity contribution in [1.82, 2.24) is 10.2 Å². The maximum Gasteiger partial charge on any atom is 0.404 e. The minimum Gasteiger partial charge on any atom is -0.449 e. The number of hydrogen-bond acceptors (Lipinski definition) is 8. The van der Waals surface area contributed by atoms with Gasteiger partial charge >= 0.3 is 6.09 Å². The van der Waals surface area contributed by atoms with Crippen molar-refractivity contribution in [3.05, 3.63) is 52.4 Å². The SMILES string of the molecule is COC12C(COC(N)=O)C3=C(C(=O)C(C)=C(N4CCc5ccccc54)C3=O)N1CC1NC12. The van der Waals surface area contributed by atoms with Crippen molar-refractivity contribution in [2.75, 3.05) is 31.7 Å². The Morgan fingerprint density at radius 1 is 1.25 bits per heavy atom. The number of carbonyl (C=O) groups excluding carboxylic acids is 3. The Kier molecular flexibility index (Phi) is 3.92. The van der Waals surface area contributed by atoms with Gasteiger partial charge in [-0.1, -0.05) is 18.2 Å². The molecule has 0 spiro atoms. The van der Waals surface area contributed by atoms with Crippen LogP contribution in [0, 0.1) is 5.92 Å². The number of allylic oxidation sites excluding steroid dienone is 2. The standard InChI is InChI=1S/C23H24N4O5/c1-11-17(26-8-7-12-5-3-4-6-15(12)26)20(29)16-13(10-32-22(24)30)23(31-2)21-14(25-21)9-27(23)18(16)19(11)28/h3-6,13-14,21,25H,7-10H2,1-2H3,(H2,24,30). The van der Waals surface area contributed by atoms with E-state index in [1.165, 1.54) is 0 Å². The Labute approximate surface area is 184 Å². The number of hydrogen-bond donors (Lipinski definition) is 2. The highest BCUT2D eigenvalue weighted by Gasteiger charge is 2.72. The van der Waals surface area contributed by atoms with Gasteiger partial charge in [-0.3, -0.25) is 9.59 Å². The van der Waals surface area contributed by atoms with Crippen molar-refractivity contribution in [1.29, 1.82) is 0 Å². The summed E-state index contributed by atoms with van der Waals surface area (Å²) in [6.45, 7) is 2.77. The number of nitrogens with zero attached hydrogens (tertiary/aromatic N) is 2. The number of ether oxygens (including phenoxy) is 2. The first-order chi connectivity index (χ1) is 15.4. The number of amides is 1. The lowest BCUT2D eigenvalue weighted by Gasteiger charge is -2.39. The highest BCUT2D eigenvalue weighted by molar-refractivity contribution is 6.27. The van der Waals surface area contributed by atoms with E-state index in [1.807, 2.05) is 34.1 Å². The molecule has 1 aromatic carbocycles. The highest BCUT2D eigenvalue weighted by Crippen LogP contribution is 2.56. The van der Waals surface area contributed by atoms with Crippen LogP contribution >= 0.6 is 0 Å². The zero-order valence-corrected chi connectivity index (χ0v) is 17.9. The van der Waals surface area contributed by atoms with E-state index in [4.69, 9.17) is 15.2 Å². The predicted octanol–water partition coefficient (Wildman–Crippen LogP) is 0.453. The maximum absolute atomic E-state index is 14.0. The molecule has 9 nitrogen and oxygen atoms in total. The molecule has 6 rings (SSSR count). The molecule has 2 fully saturated rings. The molecule has 9 heteroatoms. The van der Waals surface area contributed by atoms with E-state index in [0.717, 1.165) is 17.7 Å². The highest BCUT2D eigenvalue weighted by atomic mass is 16.6. The Balaban J connectivity index is 1.47. The third-order valence-corrected chi connectivity index (χ3v) is 7.55. The fraction of sp³-hybridized carbons (Fsp3) is 0.435. The summed E-state index contributed by atoms with van der Waals surface area (Å²) in [5.41, 5.74) is 7.94. The van der Waals surface area contributed by atoms with E-state index < -0.39 is 17.7 Å². The smallest absolute Gasteiger partial charge is 0.404 e. The molecule has 2 saturated heterocycles. The van der Waals surface area contributed by atoms with Crippen LogP contribution in [0.25, 0.3) is 0 Å². The number of piperazine rings is 1. The largest absolute Gasteiger partial charge is 0.449 e. The van der Waals surface area contributed by atoms with Crippen LogP contribution in [0.4, 0.5) is 10.5 Å². The number of ketones is 2. The number of methoxy groups -OCH3 is 1. The monoisotopic (exact) mass is 436 g/mol. The first-order valence-electron chi connectivity index (χ1n) is 10.8. The molecule has 32 heavy (non-hydrogen) atoms. The summed E-state index contributed by atoms with van der Waals surface area (Å²) in [5.74, 6) is -1.02. The predicted molar refractivity (Wildman–Crippen MR) is 113 cm³/mol. The van der Waals surface area contributed by atoms with Gasteiger partial charge in [0.1, 0.15) is 6.61 Å². The molecule has 166 valence electrons. The molecule has 4 heterocycles. The number of primary amides is 1. The summed E-state index contributed by atoms with van der Waals surface area (Å²) in [6, 6.07) is 8.03. The van der Waals surface area contributed by atoms with E-state index in [1.54, 1.807) is 14.0 Å². The molecule has 1 aromatic rings. The molecule has 5 aliphatic rings. The number of rotatable bonds is 4.